The number of nitrogens with one attached hydrogen (secondary N) is 1. The fraction of sp³-hybridized carbons (Fsp3) is 0.333. The summed E-state index contributed by atoms with van der Waals surface area (Å²) in [5.74, 6) is -1.42. The SMILES string of the molecule is Cc1ccsc1[C@@H]1[C@H]2CN(Cc3ccccc3)CC=C2[C@@H](C#N)C(=N)C1(C#N)C#N. The predicted molar refractivity (Wildman–Crippen MR) is 116 cm³/mol. The molecule has 1 aliphatic carbocycles. The lowest BCUT2D eigenvalue weighted by molar-refractivity contribution is 0.199. The first-order valence-corrected chi connectivity index (χ1v) is 10.7. The maximum atomic E-state index is 10.1. The van der Waals surface area contributed by atoms with E-state index in [1.165, 1.54) is 16.9 Å². The van der Waals surface area contributed by atoms with Crippen molar-refractivity contribution in [3.8, 4) is 18.2 Å². The summed E-state index contributed by atoms with van der Waals surface area (Å²) >= 11 is 1.53. The number of nitriles is 3. The van der Waals surface area contributed by atoms with Crippen LogP contribution >= 0.6 is 11.3 Å². The van der Waals surface area contributed by atoms with Gasteiger partial charge in [0.2, 0.25) is 0 Å². The third-order valence-electron chi connectivity index (χ3n) is 6.30. The highest BCUT2D eigenvalue weighted by Gasteiger charge is 2.58. The Balaban J connectivity index is 1.81. The molecule has 0 amide bonds. The van der Waals surface area contributed by atoms with E-state index in [0.717, 1.165) is 22.6 Å². The minimum absolute atomic E-state index is 0.0770. The lowest BCUT2D eigenvalue weighted by Crippen LogP contribution is -2.52. The van der Waals surface area contributed by atoms with Crippen LogP contribution in [0.4, 0.5) is 0 Å². The maximum Gasteiger partial charge on any atom is 0.190 e. The molecule has 6 heteroatoms. The first-order valence-electron chi connectivity index (χ1n) is 9.87. The lowest BCUT2D eigenvalue weighted by atomic mass is 9.55. The first-order chi connectivity index (χ1) is 14.6. The summed E-state index contributed by atoms with van der Waals surface area (Å²) in [6.07, 6.45) is 2.05. The van der Waals surface area contributed by atoms with Crippen molar-refractivity contribution in [2.45, 2.75) is 19.4 Å². The second kappa shape index (κ2) is 7.88. The molecule has 2 aliphatic rings. The molecule has 1 aromatic heterocycles. The second-order valence-electron chi connectivity index (χ2n) is 7.94. The van der Waals surface area contributed by atoms with Gasteiger partial charge >= 0.3 is 0 Å². The topological polar surface area (TPSA) is 98.5 Å². The van der Waals surface area contributed by atoms with E-state index in [-0.39, 0.29) is 11.6 Å². The number of aryl methyl sites for hydroxylation is 1. The van der Waals surface area contributed by atoms with Crippen LogP contribution in [0, 0.1) is 63.6 Å². The summed E-state index contributed by atoms with van der Waals surface area (Å²) in [5.41, 5.74) is 1.42. The molecule has 4 rings (SSSR count). The molecule has 1 aliphatic heterocycles. The van der Waals surface area contributed by atoms with Crippen LogP contribution < -0.4 is 0 Å². The monoisotopic (exact) mass is 411 g/mol. The number of rotatable bonds is 3. The summed E-state index contributed by atoms with van der Waals surface area (Å²) < 4.78 is 0. The van der Waals surface area contributed by atoms with Crippen LogP contribution in [0.2, 0.25) is 0 Å². The van der Waals surface area contributed by atoms with E-state index in [0.29, 0.717) is 13.1 Å². The van der Waals surface area contributed by atoms with Crippen molar-refractivity contribution >= 4 is 17.0 Å². The van der Waals surface area contributed by atoms with Gasteiger partial charge in [0.15, 0.2) is 5.41 Å². The minimum Gasteiger partial charge on any atom is -0.305 e. The molecule has 0 bridgehead atoms. The van der Waals surface area contributed by atoms with Gasteiger partial charge in [-0.3, -0.25) is 4.90 Å². The molecule has 0 unspecified atom stereocenters. The van der Waals surface area contributed by atoms with Gasteiger partial charge in [-0.25, -0.2) is 0 Å². The average molecular weight is 412 g/mol. The first kappa shape index (κ1) is 20.0. The summed E-state index contributed by atoms with van der Waals surface area (Å²) in [4.78, 5) is 3.26. The standard InChI is InChI=1S/C24H21N5S/c1-16-8-10-30-22(16)21-20-13-29(12-17-5-3-2-4-6-17)9-7-18(20)19(11-25)23(28)24(21,14-26)15-27/h2-8,10,19-21,28H,9,12-13H2,1H3/t19-,20+,21+/m1/s1. The molecule has 0 saturated heterocycles. The van der Waals surface area contributed by atoms with E-state index in [9.17, 15) is 15.8 Å². The van der Waals surface area contributed by atoms with Crippen molar-refractivity contribution < 1.29 is 0 Å². The van der Waals surface area contributed by atoms with Crippen molar-refractivity contribution in [1.29, 1.82) is 21.2 Å². The van der Waals surface area contributed by atoms with Crippen molar-refractivity contribution in [3.63, 3.8) is 0 Å². The average Bonchev–Trinajstić information content (AvgIpc) is 3.19. The van der Waals surface area contributed by atoms with E-state index in [1.807, 2.05) is 42.6 Å². The van der Waals surface area contributed by atoms with Crippen molar-refractivity contribution in [1.82, 2.24) is 4.90 Å². The number of nitrogens with zero attached hydrogens (tertiary/aromatic N) is 4. The van der Waals surface area contributed by atoms with Gasteiger partial charge in [-0.2, -0.15) is 15.8 Å². The van der Waals surface area contributed by atoms with Crippen LogP contribution in [0.25, 0.3) is 0 Å². The van der Waals surface area contributed by atoms with Gasteiger partial charge < -0.3 is 5.41 Å². The molecule has 30 heavy (non-hydrogen) atoms. The zero-order valence-electron chi connectivity index (χ0n) is 16.7. The van der Waals surface area contributed by atoms with Crippen LogP contribution in [0.3, 0.4) is 0 Å². The Hall–Kier alpha value is -3.24. The Morgan fingerprint density at radius 3 is 2.50 bits per heavy atom. The quantitative estimate of drug-likeness (QED) is 0.757. The van der Waals surface area contributed by atoms with E-state index < -0.39 is 17.3 Å². The van der Waals surface area contributed by atoms with Gasteiger partial charge in [-0.15, -0.1) is 11.3 Å². The summed E-state index contributed by atoms with van der Waals surface area (Å²) in [6.45, 7) is 4.09. The number of thiophene rings is 1. The molecule has 1 N–H and O–H groups in total. The molecule has 1 saturated carbocycles. The van der Waals surface area contributed by atoms with Crippen LogP contribution in [-0.4, -0.2) is 23.7 Å². The molecule has 1 aromatic carbocycles. The van der Waals surface area contributed by atoms with E-state index in [4.69, 9.17) is 5.41 Å². The highest BCUT2D eigenvalue weighted by Crippen LogP contribution is 2.55. The number of benzene rings is 1. The highest BCUT2D eigenvalue weighted by molar-refractivity contribution is 7.10. The van der Waals surface area contributed by atoms with Crippen LogP contribution in [0.1, 0.15) is 21.9 Å². The summed E-state index contributed by atoms with van der Waals surface area (Å²) in [5, 5.41) is 40.7. The van der Waals surface area contributed by atoms with E-state index in [1.54, 1.807) is 0 Å². The largest absolute Gasteiger partial charge is 0.305 e. The zero-order valence-corrected chi connectivity index (χ0v) is 17.5. The molecule has 3 atom stereocenters. The molecule has 2 aromatic rings. The van der Waals surface area contributed by atoms with E-state index in [2.05, 4.69) is 35.2 Å². The molecule has 5 nitrogen and oxygen atoms in total. The fourth-order valence-electron chi connectivity index (χ4n) is 4.81. The Morgan fingerprint density at radius 2 is 1.90 bits per heavy atom. The van der Waals surface area contributed by atoms with Gasteiger partial charge in [0.1, 0.15) is 5.92 Å². The predicted octanol–water partition coefficient (Wildman–Crippen LogP) is 4.41. The highest BCUT2D eigenvalue weighted by atomic mass is 32.1. The molecular formula is C24H21N5S. The molecular weight excluding hydrogens is 390 g/mol. The third kappa shape index (κ3) is 3.04. The zero-order chi connectivity index (χ0) is 21.3. The van der Waals surface area contributed by atoms with Gasteiger partial charge in [-0.1, -0.05) is 36.4 Å². The smallest absolute Gasteiger partial charge is 0.190 e. The van der Waals surface area contributed by atoms with Gasteiger partial charge in [0.25, 0.3) is 0 Å². The summed E-state index contributed by atoms with van der Waals surface area (Å²) in [6, 6.07) is 18.7. The Morgan fingerprint density at radius 1 is 1.17 bits per heavy atom. The van der Waals surface area contributed by atoms with Crippen molar-refractivity contribution in [2.75, 3.05) is 13.1 Å². The fourth-order valence-corrected chi connectivity index (χ4v) is 5.97. The summed E-state index contributed by atoms with van der Waals surface area (Å²) in [7, 11) is 0. The minimum atomic E-state index is -1.63. The molecule has 1 fully saturated rings. The van der Waals surface area contributed by atoms with Gasteiger partial charge in [-0.05, 0) is 35.1 Å². The Labute approximate surface area is 180 Å². The Bertz CT molecular complexity index is 1110. The van der Waals surface area contributed by atoms with Crippen LogP contribution in [0.5, 0.6) is 0 Å². The third-order valence-corrected chi connectivity index (χ3v) is 7.40. The number of hydrogen-bond acceptors (Lipinski definition) is 6. The van der Waals surface area contributed by atoms with Crippen LogP contribution in [-0.2, 0) is 6.54 Å². The second-order valence-corrected chi connectivity index (χ2v) is 8.89. The van der Waals surface area contributed by atoms with Gasteiger partial charge in [0.05, 0.1) is 23.9 Å². The number of hydrogen-bond donors (Lipinski definition) is 1. The molecule has 2 heterocycles. The van der Waals surface area contributed by atoms with Gasteiger partial charge in [0, 0.05) is 36.3 Å². The maximum absolute atomic E-state index is 10.1. The van der Waals surface area contributed by atoms with Crippen molar-refractivity contribution in [2.24, 2.45) is 17.3 Å². The molecule has 0 spiro atoms. The van der Waals surface area contributed by atoms with Crippen LogP contribution in [0.15, 0.2) is 53.4 Å². The lowest BCUT2D eigenvalue weighted by Gasteiger charge is -2.47. The van der Waals surface area contributed by atoms with Crippen molar-refractivity contribution in [3.05, 3.63) is 69.4 Å². The number of fused-ring (bicyclic) bond motifs is 1. The molecule has 0 radical (unpaired) electrons. The van der Waals surface area contributed by atoms with E-state index >= 15 is 0 Å². The normalized spacial score (nSPS) is 25.3. The Kier molecular flexibility index (Phi) is 5.27. The molecule has 148 valence electrons.